The van der Waals surface area contributed by atoms with Crippen LogP contribution in [0.4, 0.5) is 0 Å². The van der Waals surface area contributed by atoms with Crippen LogP contribution in [-0.2, 0) is 14.4 Å². The molecule has 8 nitrogen and oxygen atoms in total. The predicted octanol–water partition coefficient (Wildman–Crippen LogP) is 3.61. The van der Waals surface area contributed by atoms with E-state index in [0.29, 0.717) is 10.5 Å². The summed E-state index contributed by atoms with van der Waals surface area (Å²) in [6, 6.07) is 11.5. The van der Waals surface area contributed by atoms with Gasteiger partial charge in [-0.1, -0.05) is 28.7 Å². The number of esters is 1. The molecular formula is C22H21NO7S2. The molecule has 0 bridgehead atoms. The van der Waals surface area contributed by atoms with Crippen molar-refractivity contribution in [2.45, 2.75) is 23.6 Å². The molecule has 0 unspecified atom stereocenters. The van der Waals surface area contributed by atoms with E-state index in [9.17, 15) is 19.2 Å². The lowest BCUT2D eigenvalue weighted by atomic mass is 10.0. The van der Waals surface area contributed by atoms with Gasteiger partial charge in [0.25, 0.3) is 0 Å². The van der Waals surface area contributed by atoms with Crippen molar-refractivity contribution in [1.82, 2.24) is 0 Å². The number of hydrogen-bond acceptors (Lipinski definition) is 10. The van der Waals surface area contributed by atoms with Gasteiger partial charge in [0.05, 0.1) is 12.2 Å². The Bertz CT molecular complexity index is 1050. The minimum absolute atomic E-state index is 0.0561. The van der Waals surface area contributed by atoms with E-state index in [-0.39, 0.29) is 35.2 Å². The summed E-state index contributed by atoms with van der Waals surface area (Å²) < 4.78 is 4.87. The maximum Gasteiger partial charge on any atom is 0.338 e. The van der Waals surface area contributed by atoms with Crippen molar-refractivity contribution < 1.29 is 33.9 Å². The van der Waals surface area contributed by atoms with Gasteiger partial charge in [0.2, 0.25) is 10.9 Å². The molecule has 0 aliphatic heterocycles. The molecule has 2 aromatic rings. The van der Waals surface area contributed by atoms with Crippen molar-refractivity contribution in [1.29, 1.82) is 0 Å². The molecule has 0 saturated carbocycles. The van der Waals surface area contributed by atoms with E-state index in [0.717, 1.165) is 16.7 Å². The number of aliphatic hydroxyl groups excluding tert-OH is 1. The van der Waals surface area contributed by atoms with Crippen LogP contribution < -0.4 is 0 Å². The first-order chi connectivity index (χ1) is 15.3. The second kappa shape index (κ2) is 12.2. The van der Waals surface area contributed by atoms with Crippen LogP contribution in [0.1, 0.15) is 44.9 Å². The Hall–Kier alpha value is -2.95. The molecule has 0 aliphatic carbocycles. The number of ketones is 1. The lowest BCUT2D eigenvalue weighted by Gasteiger charge is -2.10. The maximum absolute atomic E-state index is 12.7. The van der Waals surface area contributed by atoms with Gasteiger partial charge in [0.15, 0.2) is 0 Å². The number of oxime groups is 1. The van der Waals surface area contributed by atoms with Gasteiger partial charge in [-0.05, 0) is 55.6 Å². The minimum Gasteiger partial charge on any atom is -0.460 e. The molecule has 168 valence electrons. The van der Waals surface area contributed by atoms with Crippen molar-refractivity contribution in [3.63, 3.8) is 0 Å². The van der Waals surface area contributed by atoms with E-state index < -0.39 is 17.7 Å². The fraction of sp³-hybridized carbons (Fsp3) is 0.227. The summed E-state index contributed by atoms with van der Waals surface area (Å²) in [5.41, 5.74) is 0.669. The SMILES string of the molecule is CSC(=O)c1cc(Sc2ccc(C(=O)OCCO)cc2)ccc1C(=O)C(C)=NOC(C)=O. The van der Waals surface area contributed by atoms with Crippen molar-refractivity contribution in [2.24, 2.45) is 5.16 Å². The molecule has 0 spiro atoms. The van der Waals surface area contributed by atoms with Gasteiger partial charge in [0.1, 0.15) is 12.3 Å². The molecule has 32 heavy (non-hydrogen) atoms. The van der Waals surface area contributed by atoms with Gasteiger partial charge in [-0.25, -0.2) is 9.59 Å². The fourth-order valence-corrected chi connectivity index (χ4v) is 3.70. The number of carbonyl (C=O) groups is 4. The third kappa shape index (κ3) is 7.04. The number of aliphatic hydroxyl groups is 1. The molecule has 1 N–H and O–H groups in total. The Labute approximate surface area is 193 Å². The van der Waals surface area contributed by atoms with Crippen LogP contribution in [0, 0.1) is 0 Å². The van der Waals surface area contributed by atoms with Gasteiger partial charge in [0, 0.05) is 27.8 Å². The largest absolute Gasteiger partial charge is 0.460 e. The van der Waals surface area contributed by atoms with Crippen molar-refractivity contribution in [3.05, 3.63) is 59.2 Å². The van der Waals surface area contributed by atoms with Crippen LogP contribution in [0.2, 0.25) is 0 Å². The Morgan fingerprint density at radius 2 is 1.62 bits per heavy atom. The number of hydrogen-bond donors (Lipinski definition) is 1. The third-order valence-electron chi connectivity index (χ3n) is 3.93. The normalized spacial score (nSPS) is 11.1. The molecule has 0 aromatic heterocycles. The van der Waals surface area contributed by atoms with Gasteiger partial charge in [-0.15, -0.1) is 0 Å². The molecular weight excluding hydrogens is 454 g/mol. The molecule has 0 radical (unpaired) electrons. The quantitative estimate of drug-likeness (QED) is 0.191. The molecule has 2 aromatic carbocycles. The Balaban J connectivity index is 2.26. The first-order valence-corrected chi connectivity index (χ1v) is 11.4. The number of carbonyl (C=O) groups excluding carboxylic acids is 4. The van der Waals surface area contributed by atoms with Crippen molar-refractivity contribution in [2.75, 3.05) is 19.5 Å². The zero-order valence-electron chi connectivity index (χ0n) is 17.6. The average molecular weight is 476 g/mol. The molecule has 0 saturated heterocycles. The average Bonchev–Trinajstić information content (AvgIpc) is 2.80. The molecule has 0 fully saturated rings. The van der Waals surface area contributed by atoms with E-state index in [4.69, 9.17) is 9.84 Å². The van der Waals surface area contributed by atoms with Gasteiger partial charge in [-0.3, -0.25) is 9.59 Å². The van der Waals surface area contributed by atoms with Crippen LogP contribution in [0.25, 0.3) is 0 Å². The molecule has 0 heterocycles. The highest BCUT2D eigenvalue weighted by Crippen LogP contribution is 2.31. The maximum atomic E-state index is 12.7. The number of rotatable bonds is 9. The summed E-state index contributed by atoms with van der Waals surface area (Å²) in [5.74, 6) is -1.71. The highest BCUT2D eigenvalue weighted by atomic mass is 32.2. The van der Waals surface area contributed by atoms with E-state index >= 15 is 0 Å². The topological polar surface area (TPSA) is 119 Å². The molecule has 2 rings (SSSR count). The van der Waals surface area contributed by atoms with Gasteiger partial charge < -0.3 is 14.7 Å². The summed E-state index contributed by atoms with van der Waals surface area (Å²) in [5, 5.41) is 11.9. The monoisotopic (exact) mass is 475 g/mol. The molecule has 10 heteroatoms. The highest BCUT2D eigenvalue weighted by molar-refractivity contribution is 8.13. The summed E-state index contributed by atoms with van der Waals surface area (Å²) in [6.45, 7) is 2.25. The fourth-order valence-electron chi connectivity index (χ4n) is 2.45. The van der Waals surface area contributed by atoms with Gasteiger partial charge in [-0.2, -0.15) is 0 Å². The summed E-state index contributed by atoms with van der Waals surface area (Å²) >= 11 is 2.32. The van der Waals surface area contributed by atoms with Gasteiger partial charge >= 0.3 is 11.9 Å². The minimum atomic E-state index is -0.656. The van der Waals surface area contributed by atoms with Crippen LogP contribution in [-0.4, -0.2) is 53.1 Å². The third-order valence-corrected chi connectivity index (χ3v) is 5.52. The first kappa shape index (κ1) is 25.3. The highest BCUT2D eigenvalue weighted by Gasteiger charge is 2.20. The van der Waals surface area contributed by atoms with E-state index in [2.05, 4.69) is 9.99 Å². The van der Waals surface area contributed by atoms with Crippen LogP contribution in [0.3, 0.4) is 0 Å². The van der Waals surface area contributed by atoms with Crippen molar-refractivity contribution in [3.8, 4) is 0 Å². The standard InChI is InChI=1S/C22H21NO7S2/c1-13(23-30-14(2)25)20(26)18-9-8-17(12-19(18)22(28)31-3)32-16-6-4-15(5-7-16)21(27)29-11-10-24/h4-9,12,24H,10-11H2,1-3H3. The number of benzene rings is 2. The Morgan fingerprint density at radius 3 is 2.22 bits per heavy atom. The second-order valence-corrected chi connectivity index (χ2v) is 8.20. The molecule has 0 atom stereocenters. The number of ether oxygens (including phenoxy) is 1. The summed E-state index contributed by atoms with van der Waals surface area (Å²) in [7, 11) is 0. The second-order valence-electron chi connectivity index (χ2n) is 6.27. The number of nitrogens with zero attached hydrogens (tertiary/aromatic N) is 1. The summed E-state index contributed by atoms with van der Waals surface area (Å²) in [6.07, 6.45) is 1.62. The van der Waals surface area contributed by atoms with Crippen LogP contribution in [0.15, 0.2) is 57.4 Å². The Morgan fingerprint density at radius 1 is 0.969 bits per heavy atom. The smallest absolute Gasteiger partial charge is 0.338 e. The number of Topliss-reactive ketones (excluding diaryl/α,β-unsaturated/α-hetero) is 1. The van der Waals surface area contributed by atoms with Crippen LogP contribution >= 0.6 is 23.5 Å². The molecule has 0 aliphatic rings. The van der Waals surface area contributed by atoms with E-state index in [1.165, 1.54) is 31.7 Å². The predicted molar refractivity (Wildman–Crippen MR) is 121 cm³/mol. The van der Waals surface area contributed by atoms with E-state index in [1.54, 1.807) is 42.7 Å². The van der Waals surface area contributed by atoms with Crippen molar-refractivity contribution >= 4 is 52.1 Å². The summed E-state index contributed by atoms with van der Waals surface area (Å²) in [4.78, 5) is 53.9. The zero-order valence-corrected chi connectivity index (χ0v) is 19.2. The van der Waals surface area contributed by atoms with E-state index in [1.807, 2.05) is 0 Å². The first-order valence-electron chi connectivity index (χ1n) is 9.32. The number of thioether (sulfide) groups is 1. The van der Waals surface area contributed by atoms with Crippen LogP contribution in [0.5, 0.6) is 0 Å². The zero-order chi connectivity index (χ0) is 23.7. The Kier molecular flexibility index (Phi) is 9.63. The molecule has 0 amide bonds. The lowest BCUT2D eigenvalue weighted by molar-refractivity contribution is -0.140. The lowest BCUT2D eigenvalue weighted by Crippen LogP contribution is -2.15.